The van der Waals surface area contributed by atoms with Gasteiger partial charge in [-0.3, -0.25) is 0 Å². The van der Waals surface area contributed by atoms with Crippen LogP contribution in [0.25, 0.3) is 0 Å². The molecule has 0 saturated carbocycles. The number of carbonyl (C=O) groups excluding carboxylic acids is 2. The van der Waals surface area contributed by atoms with Gasteiger partial charge in [-0.2, -0.15) is 52.7 Å². The van der Waals surface area contributed by atoms with Crippen LogP contribution in [0.2, 0.25) is 5.15 Å². The maximum Gasteiger partial charge on any atom is 0.416 e. The number of rotatable bonds is 4. The smallest absolute Gasteiger partial charge is 0.244 e. The fraction of sp³-hybridized carbons (Fsp3) is 0.276. The van der Waals surface area contributed by atoms with Gasteiger partial charge in [-0.05, 0) is 41.5 Å². The molecule has 4 heterocycles. The molecular formula is C29H16ClF12N5O2. The first kappa shape index (κ1) is 34.2. The van der Waals surface area contributed by atoms with Gasteiger partial charge in [0.15, 0.2) is 0 Å². The Balaban J connectivity index is 1.50. The highest BCUT2D eigenvalue weighted by Gasteiger charge is 2.54. The molecule has 49 heavy (non-hydrogen) atoms. The Morgan fingerprint density at radius 2 is 1.02 bits per heavy atom. The molecule has 2 unspecified atom stereocenters. The lowest BCUT2D eigenvalue weighted by atomic mass is 9.90. The summed E-state index contributed by atoms with van der Waals surface area (Å²) in [4.78, 5) is 32.4. The zero-order valence-corrected chi connectivity index (χ0v) is 24.6. The second-order valence-corrected chi connectivity index (χ2v) is 11.4. The van der Waals surface area contributed by atoms with E-state index < -0.39 is 95.3 Å². The molecular weight excluding hydrogens is 714 g/mol. The van der Waals surface area contributed by atoms with Gasteiger partial charge in [0.2, 0.25) is 0 Å². The van der Waals surface area contributed by atoms with Crippen LogP contribution < -0.4 is 0 Å². The number of alkyl halides is 12. The van der Waals surface area contributed by atoms with E-state index in [1.54, 1.807) is 0 Å². The second kappa shape index (κ2) is 11.2. The van der Waals surface area contributed by atoms with Crippen molar-refractivity contribution in [2.75, 3.05) is 0 Å². The molecule has 0 spiro atoms. The van der Waals surface area contributed by atoms with Gasteiger partial charge < -0.3 is 0 Å². The van der Waals surface area contributed by atoms with Crippen molar-refractivity contribution in [3.63, 3.8) is 0 Å². The first-order valence-electron chi connectivity index (χ1n) is 13.7. The largest absolute Gasteiger partial charge is 0.416 e. The third-order valence-corrected chi connectivity index (χ3v) is 8.22. The molecule has 1 saturated heterocycles. The van der Waals surface area contributed by atoms with Gasteiger partial charge >= 0.3 is 36.8 Å². The number of hydrogen-bond acceptors (Lipinski definition) is 3. The first-order valence-corrected chi connectivity index (χ1v) is 14.1. The highest BCUT2D eigenvalue weighted by molar-refractivity contribution is 6.29. The highest BCUT2D eigenvalue weighted by Crippen LogP contribution is 2.48. The zero-order chi connectivity index (χ0) is 36.0. The second-order valence-electron chi connectivity index (χ2n) is 11.0. The van der Waals surface area contributed by atoms with Gasteiger partial charge in [0, 0.05) is 5.56 Å². The number of halogens is 13. The zero-order valence-electron chi connectivity index (χ0n) is 23.8. The van der Waals surface area contributed by atoms with Crippen LogP contribution in [-0.2, 0) is 37.8 Å². The van der Waals surface area contributed by atoms with Gasteiger partial charge in [-0.1, -0.05) is 42.0 Å². The molecule has 7 rings (SSSR count). The molecule has 1 aliphatic carbocycles. The minimum absolute atomic E-state index is 0.0397. The van der Waals surface area contributed by atoms with Crippen molar-refractivity contribution in [1.82, 2.24) is 25.0 Å². The molecule has 3 aromatic rings. The number of nitrogens with zero attached hydrogens (tertiary/aromatic N) is 5. The van der Waals surface area contributed by atoms with Crippen molar-refractivity contribution >= 4 is 23.7 Å². The van der Waals surface area contributed by atoms with Crippen LogP contribution in [-0.4, -0.2) is 37.1 Å². The Hall–Kier alpha value is -4.68. The van der Waals surface area contributed by atoms with Gasteiger partial charge in [0.25, 0.3) is 0 Å². The number of aromatic nitrogens is 1. The third kappa shape index (κ3) is 5.97. The number of pyridine rings is 1. The number of amides is 4. The lowest BCUT2D eigenvalue weighted by Crippen LogP contribution is -2.71. The van der Waals surface area contributed by atoms with E-state index in [9.17, 15) is 62.3 Å². The number of benzene rings is 2. The van der Waals surface area contributed by atoms with E-state index >= 15 is 0 Å². The lowest BCUT2D eigenvalue weighted by Gasteiger charge is -2.56. The van der Waals surface area contributed by atoms with Crippen LogP contribution in [0.3, 0.4) is 0 Å². The normalized spacial score (nSPS) is 19.5. The van der Waals surface area contributed by atoms with E-state index in [0.29, 0.717) is 22.7 Å². The summed E-state index contributed by atoms with van der Waals surface area (Å²) in [6.45, 7) is -2.60. The Morgan fingerprint density at radius 1 is 0.592 bits per heavy atom. The van der Waals surface area contributed by atoms with Crippen molar-refractivity contribution in [3.05, 3.63) is 110 Å². The molecule has 1 aromatic heterocycles. The fourth-order valence-corrected chi connectivity index (χ4v) is 5.99. The minimum Gasteiger partial charge on any atom is -0.244 e. The van der Waals surface area contributed by atoms with E-state index in [-0.39, 0.29) is 40.1 Å². The summed E-state index contributed by atoms with van der Waals surface area (Å²) in [7, 11) is 0. The molecule has 4 aliphatic rings. The summed E-state index contributed by atoms with van der Waals surface area (Å²) >= 11 is 6.01. The molecule has 0 radical (unpaired) electrons. The number of hydrazine groups is 2. The summed E-state index contributed by atoms with van der Waals surface area (Å²) in [6, 6.07) is -1.27. The van der Waals surface area contributed by atoms with Crippen molar-refractivity contribution in [2.24, 2.45) is 0 Å². The van der Waals surface area contributed by atoms with Crippen molar-refractivity contribution in [2.45, 2.75) is 49.9 Å². The van der Waals surface area contributed by atoms with Gasteiger partial charge in [-0.25, -0.2) is 34.6 Å². The highest BCUT2D eigenvalue weighted by atomic mass is 35.5. The van der Waals surface area contributed by atoms with Crippen LogP contribution in [0.4, 0.5) is 62.3 Å². The van der Waals surface area contributed by atoms with Crippen LogP contribution in [0.15, 0.2) is 60.7 Å². The molecule has 0 N–H and O–H groups in total. The summed E-state index contributed by atoms with van der Waals surface area (Å²) in [5.41, 5.74) is -8.61. The van der Waals surface area contributed by atoms with E-state index in [0.717, 1.165) is 10.0 Å². The van der Waals surface area contributed by atoms with Gasteiger partial charge in [0.1, 0.15) is 17.2 Å². The van der Waals surface area contributed by atoms with Gasteiger partial charge in [-0.15, -0.1) is 0 Å². The van der Waals surface area contributed by atoms with Crippen LogP contribution >= 0.6 is 11.6 Å². The van der Waals surface area contributed by atoms with E-state index in [2.05, 4.69) is 4.98 Å². The number of hydrogen-bond donors (Lipinski definition) is 0. The number of carbonyl (C=O) groups is 2. The molecule has 20 heteroatoms. The topological polar surface area (TPSA) is 60.0 Å². The average molecular weight is 730 g/mol. The molecule has 3 aliphatic heterocycles. The van der Waals surface area contributed by atoms with E-state index in [1.807, 2.05) is 0 Å². The number of urea groups is 2. The molecule has 2 bridgehead atoms. The third-order valence-electron chi connectivity index (χ3n) is 8.01. The minimum atomic E-state index is -5.44. The van der Waals surface area contributed by atoms with E-state index in [1.165, 1.54) is 24.3 Å². The Labute approximate surface area is 271 Å². The van der Waals surface area contributed by atoms with Crippen molar-refractivity contribution in [3.8, 4) is 0 Å². The Kier molecular flexibility index (Phi) is 7.80. The summed E-state index contributed by atoms with van der Waals surface area (Å²) in [5.74, 6) is 0. The average Bonchev–Trinajstić information content (AvgIpc) is 2.99. The van der Waals surface area contributed by atoms with Crippen LogP contribution in [0, 0.1) is 0 Å². The first-order chi connectivity index (χ1) is 22.6. The monoisotopic (exact) mass is 729 g/mol. The molecule has 2 atom stereocenters. The fourth-order valence-electron chi connectivity index (χ4n) is 5.83. The van der Waals surface area contributed by atoms with Gasteiger partial charge in [0.05, 0.1) is 41.0 Å². The molecule has 7 nitrogen and oxygen atoms in total. The molecule has 2 aromatic carbocycles. The molecule has 1 fully saturated rings. The summed E-state index contributed by atoms with van der Waals surface area (Å²) in [6.07, 6.45) is -18.5. The van der Waals surface area contributed by atoms with Crippen molar-refractivity contribution in [1.29, 1.82) is 0 Å². The predicted octanol–water partition coefficient (Wildman–Crippen LogP) is 9.17. The van der Waals surface area contributed by atoms with E-state index in [4.69, 9.17) is 11.6 Å². The van der Waals surface area contributed by atoms with Crippen LogP contribution in [0.1, 0.15) is 56.7 Å². The standard InChI is InChI=1S/C29H16ClF12N5O2/c30-22-8-5-17-20-6-7-21(23(17)43-22)47-25(49)45(12-14-2-4-16(27(34,35)36)10-19(14)29(40,41)42)44(24(48)46(20)47)11-13-1-3-15(26(31,32)33)9-18(13)28(37,38)39/h1-10,20-21H,11-12H2. The summed E-state index contributed by atoms with van der Waals surface area (Å²) < 4.78 is 165. The quantitative estimate of drug-likeness (QED) is 0.153. The van der Waals surface area contributed by atoms with Crippen molar-refractivity contribution < 1.29 is 62.3 Å². The van der Waals surface area contributed by atoms with Crippen LogP contribution in [0.5, 0.6) is 0 Å². The summed E-state index contributed by atoms with van der Waals surface area (Å²) in [5, 5.41) is 2.08. The molecule has 260 valence electrons. The SMILES string of the molecule is O=C1N(Cc2ccc(C(F)(F)F)cc2C(F)(F)F)N(Cc2ccc(C(F)(F)F)cc2C(F)(F)F)C(=O)N2C3C=CC(c4ccc(Cl)nc43)N12. The predicted molar refractivity (Wildman–Crippen MR) is 142 cm³/mol. The Bertz CT molecular complexity index is 1890. The molecule has 4 amide bonds. The lowest BCUT2D eigenvalue weighted by molar-refractivity contribution is -0.147. The Morgan fingerprint density at radius 3 is 1.45 bits per heavy atom. The maximum atomic E-state index is 14.1. The maximum absolute atomic E-state index is 14.1.